The van der Waals surface area contributed by atoms with E-state index in [1.54, 1.807) is 12.1 Å². The smallest absolute Gasteiger partial charge is 0.244 e. The first-order chi connectivity index (χ1) is 8.82. The highest BCUT2D eigenvalue weighted by Gasteiger charge is 2.31. The molecule has 1 aliphatic heterocycles. The average Bonchev–Trinajstić information content (AvgIpc) is 2.33. The Labute approximate surface area is 129 Å². The van der Waals surface area contributed by atoms with Crippen molar-refractivity contribution in [1.82, 2.24) is 4.31 Å². The maximum Gasteiger partial charge on any atom is 0.244 e. The van der Waals surface area contributed by atoms with Crippen LogP contribution in [-0.2, 0) is 14.8 Å². The Morgan fingerprint density at radius 2 is 1.89 bits per heavy atom. The predicted octanol–water partition coefficient (Wildman–Crippen LogP) is 2.87. The fourth-order valence-corrected chi connectivity index (χ4v) is 5.08. The molecule has 0 bridgehead atoms. The van der Waals surface area contributed by atoms with Crippen molar-refractivity contribution in [1.29, 1.82) is 0 Å². The van der Waals surface area contributed by atoms with E-state index in [9.17, 15) is 13.2 Å². The molecule has 0 atom stereocenters. The maximum absolute atomic E-state index is 12.5. The Morgan fingerprint density at radius 1 is 1.21 bits per heavy atom. The molecule has 0 aromatic heterocycles. The van der Waals surface area contributed by atoms with Crippen LogP contribution in [0.3, 0.4) is 0 Å². The molecule has 2 rings (SSSR count). The molecule has 1 aromatic carbocycles. The lowest BCUT2D eigenvalue weighted by atomic mass is 10.1. The summed E-state index contributed by atoms with van der Waals surface area (Å²) in [6.07, 6.45) is 1.05. The highest BCUT2D eigenvalue weighted by molar-refractivity contribution is 9.11. The minimum atomic E-state index is -3.63. The van der Waals surface area contributed by atoms with Gasteiger partial charge < -0.3 is 0 Å². The van der Waals surface area contributed by atoms with E-state index < -0.39 is 10.0 Å². The van der Waals surface area contributed by atoms with Gasteiger partial charge in [-0.3, -0.25) is 4.79 Å². The molecule has 104 valence electrons. The van der Waals surface area contributed by atoms with E-state index in [1.807, 2.05) is 6.92 Å². The van der Waals surface area contributed by atoms with Crippen molar-refractivity contribution in [2.45, 2.75) is 24.7 Å². The van der Waals surface area contributed by atoms with Crippen molar-refractivity contribution < 1.29 is 13.2 Å². The number of hydrogen-bond donors (Lipinski definition) is 0. The topological polar surface area (TPSA) is 54.5 Å². The van der Waals surface area contributed by atoms with Crippen LogP contribution in [0.5, 0.6) is 0 Å². The second-order valence-corrected chi connectivity index (χ2v) is 8.13. The second kappa shape index (κ2) is 5.63. The Morgan fingerprint density at radius 3 is 2.53 bits per heavy atom. The van der Waals surface area contributed by atoms with Gasteiger partial charge in [0.05, 0.1) is 11.4 Å². The van der Waals surface area contributed by atoms with Crippen molar-refractivity contribution in [3.05, 3.63) is 26.6 Å². The molecule has 1 aliphatic rings. The van der Waals surface area contributed by atoms with Crippen molar-refractivity contribution >= 4 is 47.7 Å². The number of aryl methyl sites for hydroxylation is 1. The molecule has 4 nitrogen and oxygen atoms in total. The molecule has 7 heteroatoms. The van der Waals surface area contributed by atoms with E-state index >= 15 is 0 Å². The first-order valence-electron chi connectivity index (χ1n) is 5.80. The third kappa shape index (κ3) is 3.09. The number of ketones is 1. The SMILES string of the molecule is Cc1cc(Br)c(S(=O)(=O)N2CCCC(=O)C2)cc1Br. The van der Waals surface area contributed by atoms with Crippen LogP contribution in [0, 0.1) is 6.92 Å². The number of Topliss-reactive ketones (excluding diaryl/α,β-unsaturated/α-hetero) is 1. The van der Waals surface area contributed by atoms with Crippen molar-refractivity contribution in [3.8, 4) is 0 Å². The molecule has 0 N–H and O–H groups in total. The van der Waals surface area contributed by atoms with Gasteiger partial charge in [0.1, 0.15) is 5.78 Å². The van der Waals surface area contributed by atoms with Gasteiger partial charge in [0.25, 0.3) is 0 Å². The summed E-state index contributed by atoms with van der Waals surface area (Å²) < 4.78 is 27.6. The minimum absolute atomic E-state index is 0.0275. The first kappa shape index (κ1) is 15.2. The number of rotatable bonds is 2. The Balaban J connectivity index is 2.44. The third-order valence-corrected chi connectivity index (χ3v) is 6.70. The van der Waals surface area contributed by atoms with Gasteiger partial charge in [-0.15, -0.1) is 0 Å². The maximum atomic E-state index is 12.5. The van der Waals surface area contributed by atoms with E-state index in [4.69, 9.17) is 0 Å². The predicted molar refractivity (Wildman–Crippen MR) is 79.6 cm³/mol. The van der Waals surface area contributed by atoms with Gasteiger partial charge in [0.2, 0.25) is 10.0 Å². The molecule has 0 amide bonds. The summed E-state index contributed by atoms with van der Waals surface area (Å²) in [5, 5.41) is 0. The van der Waals surface area contributed by atoms with E-state index in [0.29, 0.717) is 23.9 Å². The van der Waals surface area contributed by atoms with Crippen molar-refractivity contribution in [3.63, 3.8) is 0 Å². The lowest BCUT2D eigenvalue weighted by Crippen LogP contribution is -2.40. The number of carbonyl (C=O) groups excluding carboxylic acids is 1. The van der Waals surface area contributed by atoms with Gasteiger partial charge in [0.15, 0.2) is 0 Å². The van der Waals surface area contributed by atoms with Crippen LogP contribution in [0.1, 0.15) is 18.4 Å². The Kier molecular flexibility index (Phi) is 4.49. The number of sulfonamides is 1. The average molecular weight is 411 g/mol. The fraction of sp³-hybridized carbons (Fsp3) is 0.417. The Hall–Kier alpha value is -0.240. The summed E-state index contributed by atoms with van der Waals surface area (Å²) in [5.41, 5.74) is 0.945. The molecule has 1 saturated heterocycles. The van der Waals surface area contributed by atoms with Crippen LogP contribution in [-0.4, -0.2) is 31.6 Å². The number of piperidine rings is 1. The number of carbonyl (C=O) groups is 1. The van der Waals surface area contributed by atoms with Gasteiger partial charge in [-0.05, 0) is 47.0 Å². The molecular formula is C12H13Br2NO3S. The number of hydrogen-bond acceptors (Lipinski definition) is 3. The normalized spacial score (nSPS) is 17.7. The molecular weight excluding hydrogens is 398 g/mol. The highest BCUT2D eigenvalue weighted by Crippen LogP contribution is 2.31. The molecule has 0 spiro atoms. The number of halogens is 2. The van der Waals surface area contributed by atoms with Crippen LogP contribution in [0.15, 0.2) is 26.0 Å². The molecule has 0 saturated carbocycles. The van der Waals surface area contributed by atoms with Gasteiger partial charge in [0, 0.05) is 21.9 Å². The molecule has 0 unspecified atom stereocenters. The van der Waals surface area contributed by atoms with Crippen LogP contribution in [0.4, 0.5) is 0 Å². The number of benzene rings is 1. The van der Waals surface area contributed by atoms with Crippen molar-refractivity contribution in [2.24, 2.45) is 0 Å². The van der Waals surface area contributed by atoms with E-state index in [2.05, 4.69) is 31.9 Å². The fourth-order valence-electron chi connectivity index (χ4n) is 1.98. The monoisotopic (exact) mass is 409 g/mol. The van der Waals surface area contributed by atoms with Gasteiger partial charge in [-0.2, -0.15) is 4.31 Å². The summed E-state index contributed by atoms with van der Waals surface area (Å²) in [7, 11) is -3.63. The highest BCUT2D eigenvalue weighted by atomic mass is 79.9. The molecule has 19 heavy (non-hydrogen) atoms. The first-order valence-corrected chi connectivity index (χ1v) is 8.82. The molecule has 1 fully saturated rings. The summed E-state index contributed by atoms with van der Waals surface area (Å²) in [6.45, 7) is 2.25. The zero-order chi connectivity index (χ0) is 14.2. The molecule has 0 radical (unpaired) electrons. The van der Waals surface area contributed by atoms with E-state index in [1.165, 1.54) is 4.31 Å². The quantitative estimate of drug-likeness (QED) is 0.753. The lowest BCUT2D eigenvalue weighted by Gasteiger charge is -2.25. The summed E-state index contributed by atoms with van der Waals surface area (Å²) in [6, 6.07) is 3.33. The standard InChI is InChI=1S/C12H13Br2NO3S/c1-8-5-11(14)12(6-10(8)13)19(17,18)15-4-2-3-9(16)7-15/h5-6H,2-4,7H2,1H3. The van der Waals surface area contributed by atoms with Crippen molar-refractivity contribution in [2.75, 3.05) is 13.1 Å². The molecule has 1 aromatic rings. The van der Waals surface area contributed by atoms with E-state index in [-0.39, 0.29) is 17.2 Å². The summed E-state index contributed by atoms with van der Waals surface area (Å²) >= 11 is 6.63. The Bertz CT molecular complexity index is 628. The summed E-state index contributed by atoms with van der Waals surface area (Å²) in [4.78, 5) is 11.6. The lowest BCUT2D eigenvalue weighted by molar-refractivity contribution is -0.120. The van der Waals surface area contributed by atoms with Crippen LogP contribution in [0.2, 0.25) is 0 Å². The van der Waals surface area contributed by atoms with Gasteiger partial charge in [-0.1, -0.05) is 15.9 Å². The van der Waals surface area contributed by atoms with Crippen LogP contribution in [0.25, 0.3) is 0 Å². The zero-order valence-corrected chi connectivity index (χ0v) is 14.3. The molecule has 0 aliphatic carbocycles. The summed E-state index contributed by atoms with van der Waals surface area (Å²) in [5.74, 6) is -0.0304. The van der Waals surface area contributed by atoms with E-state index in [0.717, 1.165) is 10.0 Å². The van der Waals surface area contributed by atoms with Crippen LogP contribution < -0.4 is 0 Å². The van der Waals surface area contributed by atoms with Gasteiger partial charge in [-0.25, -0.2) is 8.42 Å². The molecule has 1 heterocycles. The zero-order valence-electron chi connectivity index (χ0n) is 10.3. The minimum Gasteiger partial charge on any atom is -0.298 e. The largest absolute Gasteiger partial charge is 0.298 e. The third-order valence-electron chi connectivity index (χ3n) is 3.05. The van der Waals surface area contributed by atoms with Crippen LogP contribution >= 0.6 is 31.9 Å². The second-order valence-electron chi connectivity index (χ2n) is 4.51. The number of nitrogens with zero attached hydrogens (tertiary/aromatic N) is 1. The van der Waals surface area contributed by atoms with Gasteiger partial charge >= 0.3 is 0 Å².